The van der Waals surface area contributed by atoms with Crippen LogP contribution >= 0.6 is 0 Å². The molecule has 0 aliphatic carbocycles. The number of piperidine rings is 1. The highest BCUT2D eigenvalue weighted by Gasteiger charge is 2.29. The lowest BCUT2D eigenvalue weighted by Crippen LogP contribution is -2.40. The third-order valence-electron chi connectivity index (χ3n) is 4.66. The summed E-state index contributed by atoms with van der Waals surface area (Å²) >= 11 is 0. The zero-order valence-electron chi connectivity index (χ0n) is 15.7. The smallest absolute Gasteiger partial charge is 0.319 e. The van der Waals surface area contributed by atoms with Gasteiger partial charge in [-0.05, 0) is 48.7 Å². The number of carbonyl (C=O) groups excluding carboxylic acids is 1. The molecule has 0 radical (unpaired) electrons. The summed E-state index contributed by atoms with van der Waals surface area (Å²) in [6, 6.07) is 9.47. The molecule has 2 N–H and O–H groups in total. The molecule has 0 atom stereocenters. The van der Waals surface area contributed by atoms with Crippen LogP contribution in [0.15, 0.2) is 53.7 Å². The van der Waals surface area contributed by atoms with Gasteiger partial charge in [0.15, 0.2) is 0 Å². The molecule has 150 valence electrons. The van der Waals surface area contributed by atoms with Crippen molar-refractivity contribution < 1.29 is 17.9 Å². The molecule has 1 aliphatic heterocycles. The van der Waals surface area contributed by atoms with Crippen LogP contribution in [0, 0.1) is 0 Å². The van der Waals surface area contributed by atoms with Crippen LogP contribution in [0.3, 0.4) is 0 Å². The Balaban J connectivity index is 1.56. The maximum absolute atomic E-state index is 12.8. The van der Waals surface area contributed by atoms with Crippen molar-refractivity contribution in [1.29, 1.82) is 0 Å². The molecule has 1 aromatic heterocycles. The second-order valence-corrected chi connectivity index (χ2v) is 8.47. The minimum atomic E-state index is -3.54. The van der Waals surface area contributed by atoms with Crippen molar-refractivity contribution in [3.8, 4) is 0 Å². The van der Waals surface area contributed by atoms with Crippen molar-refractivity contribution in [2.75, 3.05) is 25.5 Å². The molecule has 1 saturated heterocycles. The van der Waals surface area contributed by atoms with Crippen LogP contribution in [0.1, 0.15) is 18.4 Å². The monoisotopic (exact) mass is 404 g/mol. The molecule has 0 spiro atoms. The molecule has 9 heteroatoms. The quantitative estimate of drug-likeness (QED) is 0.769. The maximum atomic E-state index is 12.8. The molecule has 2 heterocycles. The van der Waals surface area contributed by atoms with E-state index in [1.165, 1.54) is 16.4 Å². The molecule has 2 amide bonds. The van der Waals surface area contributed by atoms with Gasteiger partial charge in [-0.3, -0.25) is 4.98 Å². The molecule has 3 rings (SSSR count). The number of carbonyl (C=O) groups is 1. The standard InChI is InChI=1S/C19H24N4O4S/c1-27-17-8-11-23(12-9-17)28(25,26)18-6-4-16(5-7-18)22-19(24)21-14-15-3-2-10-20-13-15/h2-7,10,13,17H,8-9,11-12,14H2,1H3,(H2,21,22,24). The first-order valence-corrected chi connectivity index (χ1v) is 10.5. The Hall–Kier alpha value is -2.49. The van der Waals surface area contributed by atoms with Crippen LogP contribution in [0.25, 0.3) is 0 Å². The number of nitrogens with zero attached hydrogens (tertiary/aromatic N) is 2. The number of aromatic nitrogens is 1. The van der Waals surface area contributed by atoms with Gasteiger partial charge in [-0.15, -0.1) is 0 Å². The average molecular weight is 404 g/mol. The van der Waals surface area contributed by atoms with Crippen LogP contribution in [0.5, 0.6) is 0 Å². The first-order chi connectivity index (χ1) is 13.5. The Bertz CT molecular complexity index is 880. The van der Waals surface area contributed by atoms with E-state index in [-0.39, 0.29) is 17.0 Å². The van der Waals surface area contributed by atoms with Crippen molar-refractivity contribution in [2.24, 2.45) is 0 Å². The minimum Gasteiger partial charge on any atom is -0.381 e. The minimum absolute atomic E-state index is 0.114. The summed E-state index contributed by atoms with van der Waals surface area (Å²) in [7, 11) is -1.90. The number of ether oxygens (including phenoxy) is 1. The second-order valence-electron chi connectivity index (χ2n) is 6.53. The SMILES string of the molecule is COC1CCN(S(=O)(=O)c2ccc(NC(=O)NCc3cccnc3)cc2)CC1. The van der Waals surface area contributed by atoms with E-state index in [4.69, 9.17) is 4.74 Å². The number of benzene rings is 1. The summed E-state index contributed by atoms with van der Waals surface area (Å²) in [4.78, 5) is 16.2. The van der Waals surface area contributed by atoms with E-state index in [1.807, 2.05) is 6.07 Å². The van der Waals surface area contributed by atoms with Crippen LogP contribution in [0.4, 0.5) is 10.5 Å². The van der Waals surface area contributed by atoms with Gasteiger partial charge in [-0.25, -0.2) is 13.2 Å². The molecular formula is C19H24N4O4S. The Morgan fingerprint density at radius 1 is 1.21 bits per heavy atom. The molecule has 0 saturated carbocycles. The van der Waals surface area contributed by atoms with Crippen molar-refractivity contribution in [3.05, 3.63) is 54.4 Å². The predicted molar refractivity (Wildman–Crippen MR) is 105 cm³/mol. The predicted octanol–water partition coefficient (Wildman–Crippen LogP) is 2.20. The van der Waals surface area contributed by atoms with Crippen LogP contribution in [-0.4, -0.2) is 50.0 Å². The van der Waals surface area contributed by atoms with Gasteiger partial charge in [0.05, 0.1) is 11.0 Å². The highest BCUT2D eigenvalue weighted by molar-refractivity contribution is 7.89. The van der Waals surface area contributed by atoms with Gasteiger partial charge in [-0.1, -0.05) is 6.07 Å². The Kier molecular flexibility index (Phi) is 6.61. The molecule has 8 nitrogen and oxygen atoms in total. The number of urea groups is 1. The number of hydrogen-bond donors (Lipinski definition) is 2. The molecule has 28 heavy (non-hydrogen) atoms. The molecule has 1 aromatic carbocycles. The summed E-state index contributed by atoms with van der Waals surface area (Å²) in [5, 5.41) is 5.41. The fourth-order valence-corrected chi connectivity index (χ4v) is 4.50. The maximum Gasteiger partial charge on any atom is 0.319 e. The number of anilines is 1. The van der Waals surface area contributed by atoms with Gasteiger partial charge < -0.3 is 15.4 Å². The average Bonchev–Trinajstić information content (AvgIpc) is 2.73. The Labute approximate surface area is 165 Å². The van der Waals surface area contributed by atoms with E-state index < -0.39 is 10.0 Å². The second kappa shape index (κ2) is 9.13. The Morgan fingerprint density at radius 2 is 1.93 bits per heavy atom. The van der Waals surface area contributed by atoms with Crippen LogP contribution in [0.2, 0.25) is 0 Å². The lowest BCUT2D eigenvalue weighted by molar-refractivity contribution is 0.0604. The summed E-state index contributed by atoms with van der Waals surface area (Å²) in [6.07, 6.45) is 4.83. The summed E-state index contributed by atoms with van der Waals surface area (Å²) in [6.45, 7) is 1.23. The largest absolute Gasteiger partial charge is 0.381 e. The van der Waals surface area contributed by atoms with Gasteiger partial charge >= 0.3 is 6.03 Å². The summed E-state index contributed by atoms with van der Waals surface area (Å²) in [5.74, 6) is 0. The van der Waals surface area contributed by atoms with E-state index in [0.717, 1.165) is 5.56 Å². The molecule has 0 bridgehead atoms. The summed E-state index contributed by atoms with van der Waals surface area (Å²) in [5.41, 5.74) is 1.40. The zero-order chi connectivity index (χ0) is 20.0. The van der Waals surface area contributed by atoms with E-state index in [9.17, 15) is 13.2 Å². The van der Waals surface area contributed by atoms with Gasteiger partial charge in [0.25, 0.3) is 0 Å². The molecule has 1 aliphatic rings. The number of hydrogen-bond acceptors (Lipinski definition) is 5. The van der Waals surface area contributed by atoms with E-state index in [1.54, 1.807) is 37.7 Å². The number of amides is 2. The first-order valence-electron chi connectivity index (χ1n) is 9.06. The number of sulfonamides is 1. The first kappa shape index (κ1) is 20.2. The molecular weight excluding hydrogens is 380 g/mol. The fraction of sp³-hybridized carbons (Fsp3) is 0.368. The normalized spacial score (nSPS) is 15.9. The van der Waals surface area contributed by atoms with Gasteiger partial charge in [0.2, 0.25) is 10.0 Å². The summed E-state index contributed by atoms with van der Waals surface area (Å²) < 4.78 is 32.3. The van der Waals surface area contributed by atoms with E-state index in [0.29, 0.717) is 38.2 Å². The van der Waals surface area contributed by atoms with Crippen LogP contribution in [-0.2, 0) is 21.3 Å². The van der Waals surface area contributed by atoms with E-state index >= 15 is 0 Å². The highest BCUT2D eigenvalue weighted by atomic mass is 32.2. The molecule has 1 fully saturated rings. The number of rotatable bonds is 6. The molecule has 2 aromatic rings. The number of methoxy groups -OCH3 is 1. The van der Waals surface area contributed by atoms with Crippen LogP contribution < -0.4 is 10.6 Å². The van der Waals surface area contributed by atoms with Crippen molar-refractivity contribution in [1.82, 2.24) is 14.6 Å². The topological polar surface area (TPSA) is 101 Å². The molecule has 0 unspecified atom stereocenters. The fourth-order valence-electron chi connectivity index (χ4n) is 3.03. The van der Waals surface area contributed by atoms with Crippen molar-refractivity contribution in [3.63, 3.8) is 0 Å². The van der Waals surface area contributed by atoms with Gasteiger partial charge in [0.1, 0.15) is 0 Å². The third-order valence-corrected chi connectivity index (χ3v) is 6.57. The number of nitrogens with one attached hydrogen (secondary N) is 2. The lowest BCUT2D eigenvalue weighted by Gasteiger charge is -2.30. The zero-order valence-corrected chi connectivity index (χ0v) is 16.5. The van der Waals surface area contributed by atoms with Crippen molar-refractivity contribution in [2.45, 2.75) is 30.4 Å². The van der Waals surface area contributed by atoms with Gasteiger partial charge in [0, 0.05) is 44.8 Å². The van der Waals surface area contributed by atoms with Crippen molar-refractivity contribution >= 4 is 21.7 Å². The Morgan fingerprint density at radius 3 is 2.54 bits per heavy atom. The highest BCUT2D eigenvalue weighted by Crippen LogP contribution is 2.23. The third kappa shape index (κ3) is 5.06. The van der Waals surface area contributed by atoms with Gasteiger partial charge in [-0.2, -0.15) is 4.31 Å². The van der Waals surface area contributed by atoms with E-state index in [2.05, 4.69) is 15.6 Å². The lowest BCUT2D eigenvalue weighted by atomic mass is 10.1. The number of pyridine rings is 1.